The van der Waals surface area contributed by atoms with Crippen molar-refractivity contribution >= 4 is 0 Å². The summed E-state index contributed by atoms with van der Waals surface area (Å²) in [6.07, 6.45) is 8.48. The highest BCUT2D eigenvalue weighted by molar-refractivity contribution is 5.49. The molecule has 1 aliphatic carbocycles. The summed E-state index contributed by atoms with van der Waals surface area (Å²) in [7, 11) is 1.97. The van der Waals surface area contributed by atoms with Gasteiger partial charge in [-0.15, -0.1) is 0 Å². The summed E-state index contributed by atoms with van der Waals surface area (Å²) in [5, 5.41) is 3.55. The minimum absolute atomic E-state index is 0.768. The number of aromatic nitrogens is 4. The highest BCUT2D eigenvalue weighted by Gasteiger charge is 2.19. The summed E-state index contributed by atoms with van der Waals surface area (Å²) in [6, 6.07) is 0.788. The minimum atomic E-state index is 0.768. The molecule has 21 heavy (non-hydrogen) atoms. The number of hydrogen-bond acceptors (Lipinski definition) is 4. The zero-order valence-electron chi connectivity index (χ0n) is 13.1. The topological polar surface area (TPSA) is 55.6 Å². The van der Waals surface area contributed by atoms with Gasteiger partial charge in [-0.2, -0.15) is 0 Å². The molecule has 1 aliphatic rings. The first-order valence-corrected chi connectivity index (χ1v) is 7.69. The number of aryl methyl sites for hydroxylation is 3. The predicted molar refractivity (Wildman–Crippen MR) is 83.1 cm³/mol. The van der Waals surface area contributed by atoms with E-state index in [2.05, 4.69) is 34.1 Å². The van der Waals surface area contributed by atoms with Crippen LogP contribution in [0.1, 0.15) is 36.2 Å². The average molecular weight is 285 g/mol. The van der Waals surface area contributed by atoms with Crippen molar-refractivity contribution in [3.63, 3.8) is 0 Å². The second kappa shape index (κ2) is 5.93. The van der Waals surface area contributed by atoms with Gasteiger partial charge in [0.1, 0.15) is 5.69 Å². The van der Waals surface area contributed by atoms with Crippen molar-refractivity contribution in [2.75, 3.05) is 6.54 Å². The molecule has 2 heterocycles. The van der Waals surface area contributed by atoms with Gasteiger partial charge >= 0.3 is 0 Å². The van der Waals surface area contributed by atoms with Crippen LogP contribution in [0.3, 0.4) is 0 Å². The maximum absolute atomic E-state index is 4.67. The normalized spacial score (nSPS) is 14.6. The van der Waals surface area contributed by atoms with Crippen molar-refractivity contribution in [3.8, 4) is 11.5 Å². The van der Waals surface area contributed by atoms with Crippen LogP contribution in [0.25, 0.3) is 11.5 Å². The summed E-state index contributed by atoms with van der Waals surface area (Å²) >= 11 is 0. The Morgan fingerprint density at radius 2 is 1.95 bits per heavy atom. The minimum Gasteiger partial charge on any atom is -0.331 e. The molecule has 0 saturated heterocycles. The Hall–Kier alpha value is -1.75. The fraction of sp³-hybridized carbons (Fsp3) is 0.562. The molecule has 0 bridgehead atoms. The van der Waals surface area contributed by atoms with Crippen LogP contribution in [0, 0.1) is 13.8 Å². The smallest absolute Gasteiger partial charge is 0.178 e. The molecule has 3 rings (SSSR count). The van der Waals surface area contributed by atoms with Crippen molar-refractivity contribution in [3.05, 3.63) is 29.5 Å². The Labute approximate surface area is 125 Å². The van der Waals surface area contributed by atoms with Crippen molar-refractivity contribution < 1.29 is 0 Å². The zero-order valence-corrected chi connectivity index (χ0v) is 13.1. The van der Waals surface area contributed by atoms with E-state index in [-0.39, 0.29) is 0 Å². The van der Waals surface area contributed by atoms with Gasteiger partial charge in [0.2, 0.25) is 0 Å². The first-order valence-electron chi connectivity index (χ1n) is 7.69. The lowest BCUT2D eigenvalue weighted by Gasteiger charge is -2.11. The first-order chi connectivity index (χ1) is 10.1. The summed E-state index contributed by atoms with van der Waals surface area (Å²) in [5.41, 5.74) is 4.43. The molecule has 0 atom stereocenters. The van der Waals surface area contributed by atoms with Crippen molar-refractivity contribution in [1.29, 1.82) is 0 Å². The molecule has 0 aliphatic heterocycles. The van der Waals surface area contributed by atoms with E-state index >= 15 is 0 Å². The molecule has 2 aromatic heterocycles. The standard InChI is InChI=1S/C16H23N5/c1-11-14(5-4-8-18-13-6-7-13)12(2)20-16(19-11)15-9-17-10-21(15)3/h9-10,13,18H,4-8H2,1-3H3. The first kappa shape index (κ1) is 14.2. The lowest BCUT2D eigenvalue weighted by atomic mass is 10.1. The third-order valence-corrected chi connectivity index (χ3v) is 4.08. The van der Waals surface area contributed by atoms with Gasteiger partial charge in [0.15, 0.2) is 5.82 Å². The van der Waals surface area contributed by atoms with Crippen LogP contribution in [-0.4, -0.2) is 32.1 Å². The second-order valence-electron chi connectivity index (χ2n) is 5.92. The number of hydrogen-bond donors (Lipinski definition) is 1. The van der Waals surface area contributed by atoms with E-state index in [0.717, 1.165) is 48.3 Å². The van der Waals surface area contributed by atoms with Crippen LogP contribution in [0.5, 0.6) is 0 Å². The molecule has 0 amide bonds. The third-order valence-electron chi connectivity index (χ3n) is 4.08. The van der Waals surface area contributed by atoms with Gasteiger partial charge < -0.3 is 9.88 Å². The second-order valence-corrected chi connectivity index (χ2v) is 5.92. The van der Waals surface area contributed by atoms with Gasteiger partial charge in [0, 0.05) is 24.5 Å². The van der Waals surface area contributed by atoms with Crippen LogP contribution < -0.4 is 5.32 Å². The molecule has 0 unspecified atom stereocenters. The molecule has 2 aromatic rings. The van der Waals surface area contributed by atoms with Gasteiger partial charge in [0.05, 0.1) is 12.5 Å². The van der Waals surface area contributed by atoms with Crippen molar-refractivity contribution in [2.45, 2.75) is 45.6 Å². The van der Waals surface area contributed by atoms with Gasteiger partial charge in [-0.25, -0.2) is 15.0 Å². The quantitative estimate of drug-likeness (QED) is 0.827. The maximum atomic E-state index is 4.67. The highest BCUT2D eigenvalue weighted by Crippen LogP contribution is 2.20. The number of rotatable bonds is 6. The third kappa shape index (κ3) is 3.29. The zero-order chi connectivity index (χ0) is 14.8. The van der Waals surface area contributed by atoms with E-state index in [4.69, 9.17) is 0 Å². The lowest BCUT2D eigenvalue weighted by Crippen LogP contribution is -2.18. The summed E-state index contributed by atoms with van der Waals surface area (Å²) in [5.74, 6) is 0.768. The fourth-order valence-electron chi connectivity index (χ4n) is 2.65. The van der Waals surface area contributed by atoms with Gasteiger partial charge in [0.25, 0.3) is 0 Å². The molecule has 5 heteroatoms. The van der Waals surface area contributed by atoms with E-state index in [0.29, 0.717) is 0 Å². The lowest BCUT2D eigenvalue weighted by molar-refractivity contribution is 0.642. The molecule has 0 aromatic carbocycles. The van der Waals surface area contributed by atoms with Gasteiger partial charge in [-0.3, -0.25) is 0 Å². The van der Waals surface area contributed by atoms with Crippen LogP contribution in [-0.2, 0) is 13.5 Å². The molecule has 1 N–H and O–H groups in total. The van der Waals surface area contributed by atoms with E-state index in [1.807, 2.05) is 17.8 Å². The van der Waals surface area contributed by atoms with Gasteiger partial charge in [-0.1, -0.05) is 0 Å². The molecule has 0 radical (unpaired) electrons. The number of nitrogens with zero attached hydrogens (tertiary/aromatic N) is 4. The van der Waals surface area contributed by atoms with Crippen LogP contribution in [0.2, 0.25) is 0 Å². The van der Waals surface area contributed by atoms with Crippen LogP contribution in [0.15, 0.2) is 12.5 Å². The molecule has 5 nitrogen and oxygen atoms in total. The molecular formula is C16H23N5. The Balaban J connectivity index is 1.71. The Morgan fingerprint density at radius 3 is 2.52 bits per heavy atom. The van der Waals surface area contributed by atoms with E-state index < -0.39 is 0 Å². The summed E-state index contributed by atoms with van der Waals surface area (Å²) in [4.78, 5) is 13.5. The Bertz CT molecular complexity index is 604. The summed E-state index contributed by atoms with van der Waals surface area (Å²) < 4.78 is 1.95. The van der Waals surface area contributed by atoms with Crippen LogP contribution in [0.4, 0.5) is 0 Å². The summed E-state index contributed by atoms with van der Waals surface area (Å²) in [6.45, 7) is 5.25. The largest absolute Gasteiger partial charge is 0.331 e. The number of imidazole rings is 1. The molecule has 1 saturated carbocycles. The molecule has 112 valence electrons. The average Bonchev–Trinajstić information content (AvgIpc) is 3.17. The predicted octanol–water partition coefficient (Wildman–Crippen LogP) is 2.18. The molecule has 0 spiro atoms. The number of nitrogens with one attached hydrogen (secondary N) is 1. The van der Waals surface area contributed by atoms with Crippen molar-refractivity contribution in [1.82, 2.24) is 24.8 Å². The molecular weight excluding hydrogens is 262 g/mol. The Morgan fingerprint density at radius 1 is 1.24 bits per heavy atom. The van der Waals surface area contributed by atoms with Gasteiger partial charge in [-0.05, 0) is 51.6 Å². The fourth-order valence-corrected chi connectivity index (χ4v) is 2.65. The molecule has 1 fully saturated rings. The monoisotopic (exact) mass is 285 g/mol. The van der Waals surface area contributed by atoms with Crippen LogP contribution >= 0.6 is 0 Å². The van der Waals surface area contributed by atoms with Crippen molar-refractivity contribution in [2.24, 2.45) is 7.05 Å². The van der Waals surface area contributed by atoms with E-state index in [1.54, 1.807) is 6.33 Å². The van der Waals surface area contributed by atoms with E-state index in [1.165, 1.54) is 18.4 Å². The SMILES string of the molecule is Cc1nc(-c2cncn2C)nc(C)c1CCCNC1CC1. The Kier molecular flexibility index (Phi) is 4.01. The maximum Gasteiger partial charge on any atom is 0.178 e. The highest BCUT2D eigenvalue weighted by atomic mass is 15.1. The van der Waals surface area contributed by atoms with E-state index in [9.17, 15) is 0 Å².